The van der Waals surface area contributed by atoms with Gasteiger partial charge in [-0.25, -0.2) is 0 Å². The second kappa shape index (κ2) is 6.53. The largest absolute Gasteiger partial charge is 0.374 e. The standard InChI is InChI=1S/C10H15N.C2H6/c1-4-6-10-9(5-2)7-8-11(10)3;1-2/h4-6H,1,7-8H2,2-3H3;1-2H3/b9-5-,10-6+;. The maximum atomic E-state index is 3.70. The van der Waals surface area contributed by atoms with E-state index in [0.717, 1.165) is 6.54 Å². The van der Waals surface area contributed by atoms with Crippen molar-refractivity contribution in [2.45, 2.75) is 27.2 Å². The fourth-order valence-electron chi connectivity index (χ4n) is 1.42. The molecule has 1 saturated heterocycles. The lowest BCUT2D eigenvalue weighted by Gasteiger charge is -2.11. The number of nitrogens with zero attached hydrogens (tertiary/aromatic N) is 1. The molecule has 0 aromatic carbocycles. The van der Waals surface area contributed by atoms with Gasteiger partial charge in [-0.3, -0.25) is 0 Å². The van der Waals surface area contributed by atoms with Gasteiger partial charge in [0.2, 0.25) is 0 Å². The summed E-state index contributed by atoms with van der Waals surface area (Å²) in [6.45, 7) is 10.9. The Labute approximate surface area is 82.4 Å². The summed E-state index contributed by atoms with van der Waals surface area (Å²) >= 11 is 0. The maximum Gasteiger partial charge on any atom is 0.0393 e. The normalized spacial score (nSPS) is 21.7. The molecule has 0 atom stereocenters. The van der Waals surface area contributed by atoms with Gasteiger partial charge in [0.1, 0.15) is 0 Å². The van der Waals surface area contributed by atoms with Crippen molar-refractivity contribution in [1.29, 1.82) is 0 Å². The van der Waals surface area contributed by atoms with Gasteiger partial charge in [0.15, 0.2) is 0 Å². The van der Waals surface area contributed by atoms with Crippen molar-refractivity contribution in [1.82, 2.24) is 4.90 Å². The van der Waals surface area contributed by atoms with E-state index in [1.54, 1.807) is 0 Å². The molecule has 0 bridgehead atoms. The Morgan fingerprint density at radius 1 is 1.38 bits per heavy atom. The SMILES string of the molecule is C=C/C=C1\C(=C/C)CCN1C.CC. The van der Waals surface area contributed by atoms with Crippen LogP contribution in [0.4, 0.5) is 0 Å². The molecule has 0 amide bonds. The molecule has 0 unspecified atom stereocenters. The monoisotopic (exact) mass is 179 g/mol. The van der Waals surface area contributed by atoms with Crippen LogP contribution in [0.15, 0.2) is 36.1 Å². The lowest BCUT2D eigenvalue weighted by atomic mass is 10.2. The summed E-state index contributed by atoms with van der Waals surface area (Å²) in [5.74, 6) is 0. The van der Waals surface area contributed by atoms with Crippen LogP contribution in [0.1, 0.15) is 27.2 Å². The van der Waals surface area contributed by atoms with Crippen LogP contribution in [-0.4, -0.2) is 18.5 Å². The van der Waals surface area contributed by atoms with Gasteiger partial charge >= 0.3 is 0 Å². The van der Waals surface area contributed by atoms with E-state index in [0.29, 0.717) is 0 Å². The molecule has 0 aromatic heterocycles. The summed E-state index contributed by atoms with van der Waals surface area (Å²) in [5.41, 5.74) is 2.76. The highest BCUT2D eigenvalue weighted by molar-refractivity contribution is 5.35. The van der Waals surface area contributed by atoms with Gasteiger partial charge in [0.05, 0.1) is 0 Å². The van der Waals surface area contributed by atoms with E-state index in [-0.39, 0.29) is 0 Å². The third kappa shape index (κ3) is 3.10. The van der Waals surface area contributed by atoms with Gasteiger partial charge in [-0.2, -0.15) is 0 Å². The van der Waals surface area contributed by atoms with Crippen LogP contribution in [-0.2, 0) is 0 Å². The van der Waals surface area contributed by atoms with Gasteiger partial charge in [0, 0.05) is 19.3 Å². The second-order valence-electron chi connectivity index (χ2n) is 2.77. The summed E-state index contributed by atoms with van der Waals surface area (Å²) in [5, 5.41) is 0. The molecule has 13 heavy (non-hydrogen) atoms. The summed E-state index contributed by atoms with van der Waals surface area (Å²) in [6.07, 6.45) is 7.27. The predicted molar refractivity (Wildman–Crippen MR) is 60.6 cm³/mol. The van der Waals surface area contributed by atoms with Crippen LogP contribution in [0.2, 0.25) is 0 Å². The molecule has 1 aliphatic heterocycles. The zero-order valence-corrected chi connectivity index (χ0v) is 9.30. The Morgan fingerprint density at radius 3 is 2.46 bits per heavy atom. The average Bonchev–Trinajstić information content (AvgIpc) is 2.52. The van der Waals surface area contributed by atoms with Gasteiger partial charge in [-0.05, 0) is 25.0 Å². The Balaban J connectivity index is 0.000000671. The van der Waals surface area contributed by atoms with E-state index < -0.39 is 0 Å². The van der Waals surface area contributed by atoms with Gasteiger partial charge in [0.25, 0.3) is 0 Å². The summed E-state index contributed by atoms with van der Waals surface area (Å²) in [4.78, 5) is 2.26. The summed E-state index contributed by atoms with van der Waals surface area (Å²) < 4.78 is 0. The van der Waals surface area contributed by atoms with Crippen LogP contribution in [0.3, 0.4) is 0 Å². The number of rotatable bonds is 1. The summed E-state index contributed by atoms with van der Waals surface area (Å²) in [7, 11) is 2.12. The molecule has 74 valence electrons. The molecule has 1 heteroatoms. The van der Waals surface area contributed by atoms with Crippen LogP contribution in [0.25, 0.3) is 0 Å². The maximum absolute atomic E-state index is 3.70. The van der Waals surface area contributed by atoms with Crippen molar-refractivity contribution in [3.63, 3.8) is 0 Å². The first kappa shape index (κ1) is 12.0. The van der Waals surface area contributed by atoms with Crippen LogP contribution >= 0.6 is 0 Å². The van der Waals surface area contributed by atoms with Crippen molar-refractivity contribution in [2.75, 3.05) is 13.6 Å². The Hall–Kier alpha value is -0.980. The van der Waals surface area contributed by atoms with Crippen molar-refractivity contribution in [3.8, 4) is 0 Å². The van der Waals surface area contributed by atoms with Gasteiger partial charge in [-0.1, -0.05) is 32.6 Å². The highest BCUT2D eigenvalue weighted by Gasteiger charge is 2.16. The van der Waals surface area contributed by atoms with E-state index in [2.05, 4.69) is 37.6 Å². The quantitative estimate of drug-likeness (QED) is 0.596. The van der Waals surface area contributed by atoms with Gasteiger partial charge < -0.3 is 4.90 Å². The molecule has 1 rings (SSSR count). The molecule has 1 fully saturated rings. The Bertz CT molecular complexity index is 211. The molecule has 0 aromatic rings. The number of likely N-dealkylation sites (tertiary alicyclic amines) is 1. The highest BCUT2D eigenvalue weighted by Crippen LogP contribution is 2.24. The third-order valence-electron chi connectivity index (χ3n) is 2.08. The minimum absolute atomic E-state index is 1.14. The van der Waals surface area contributed by atoms with E-state index in [1.807, 2.05) is 19.9 Å². The fraction of sp³-hybridized carbons (Fsp3) is 0.500. The molecule has 0 radical (unpaired) electrons. The minimum Gasteiger partial charge on any atom is -0.374 e. The van der Waals surface area contributed by atoms with Crippen molar-refractivity contribution in [3.05, 3.63) is 36.1 Å². The molecular formula is C12H21N. The third-order valence-corrected chi connectivity index (χ3v) is 2.08. The van der Waals surface area contributed by atoms with E-state index in [9.17, 15) is 0 Å². The first-order valence-corrected chi connectivity index (χ1v) is 4.99. The van der Waals surface area contributed by atoms with Crippen molar-refractivity contribution < 1.29 is 0 Å². The molecule has 0 aliphatic carbocycles. The molecule has 1 aliphatic rings. The average molecular weight is 179 g/mol. The smallest absolute Gasteiger partial charge is 0.0393 e. The van der Waals surface area contributed by atoms with Crippen LogP contribution < -0.4 is 0 Å². The first-order chi connectivity index (χ1) is 6.29. The van der Waals surface area contributed by atoms with Gasteiger partial charge in [-0.15, -0.1) is 0 Å². The number of allylic oxidation sites excluding steroid dienone is 4. The highest BCUT2D eigenvalue weighted by atomic mass is 15.1. The number of hydrogen-bond donors (Lipinski definition) is 0. The predicted octanol–water partition coefficient (Wildman–Crippen LogP) is 3.36. The fourth-order valence-corrected chi connectivity index (χ4v) is 1.42. The molecule has 0 spiro atoms. The lowest BCUT2D eigenvalue weighted by molar-refractivity contribution is 0.482. The Kier molecular flexibility index (Phi) is 6.03. The molecule has 1 heterocycles. The first-order valence-electron chi connectivity index (χ1n) is 4.99. The minimum atomic E-state index is 1.14. The van der Waals surface area contributed by atoms with Crippen LogP contribution in [0.5, 0.6) is 0 Å². The zero-order valence-electron chi connectivity index (χ0n) is 9.30. The van der Waals surface area contributed by atoms with Crippen LogP contribution in [0, 0.1) is 0 Å². The van der Waals surface area contributed by atoms with Crippen molar-refractivity contribution >= 4 is 0 Å². The van der Waals surface area contributed by atoms with E-state index in [4.69, 9.17) is 0 Å². The molecule has 1 nitrogen and oxygen atoms in total. The summed E-state index contributed by atoms with van der Waals surface area (Å²) in [6, 6.07) is 0. The second-order valence-corrected chi connectivity index (χ2v) is 2.77. The number of hydrogen-bond acceptors (Lipinski definition) is 1. The van der Waals surface area contributed by atoms with E-state index >= 15 is 0 Å². The number of likely N-dealkylation sites (N-methyl/N-ethyl adjacent to an activating group) is 1. The Morgan fingerprint density at radius 2 is 2.00 bits per heavy atom. The van der Waals surface area contributed by atoms with Crippen molar-refractivity contribution in [2.24, 2.45) is 0 Å². The zero-order chi connectivity index (χ0) is 10.3. The lowest BCUT2D eigenvalue weighted by Crippen LogP contribution is -2.09. The topological polar surface area (TPSA) is 3.24 Å². The molecular weight excluding hydrogens is 158 g/mol. The molecule has 0 saturated carbocycles. The molecule has 0 N–H and O–H groups in total. The van der Waals surface area contributed by atoms with E-state index in [1.165, 1.54) is 17.7 Å².